The number of aliphatic hydroxyl groups is 1. The summed E-state index contributed by atoms with van der Waals surface area (Å²) in [5.41, 5.74) is 1.23. The minimum atomic E-state index is -3.36. The van der Waals surface area contributed by atoms with Crippen LogP contribution in [0.1, 0.15) is 25.0 Å². The Labute approximate surface area is 121 Å². The van der Waals surface area contributed by atoms with Gasteiger partial charge in [-0.05, 0) is 39.1 Å². The van der Waals surface area contributed by atoms with E-state index in [4.69, 9.17) is 5.11 Å². The highest BCUT2D eigenvalue weighted by Crippen LogP contribution is 2.11. The number of hydrogen-bond donors (Lipinski definition) is 2. The second-order valence-electron chi connectivity index (χ2n) is 5.76. The van der Waals surface area contributed by atoms with E-state index in [0.29, 0.717) is 12.1 Å². The topological polar surface area (TPSA) is 69.6 Å². The number of nitrogens with one attached hydrogen (secondary N) is 1. The summed E-state index contributed by atoms with van der Waals surface area (Å²) in [5.74, 6) is -0.0534. The van der Waals surface area contributed by atoms with E-state index in [-0.39, 0.29) is 17.9 Å². The Kier molecular flexibility index (Phi) is 5.70. The van der Waals surface area contributed by atoms with Gasteiger partial charge in [0, 0.05) is 12.1 Å². The number of aliphatic hydroxyl groups excluding tert-OH is 1. The normalized spacial score (nSPS) is 12.9. The number of hydrogen-bond acceptors (Lipinski definition) is 4. The molecule has 0 bridgehead atoms. The number of benzene rings is 1. The van der Waals surface area contributed by atoms with Gasteiger partial charge in [0.05, 0.1) is 12.4 Å². The maximum absolute atomic E-state index is 12.0. The predicted molar refractivity (Wildman–Crippen MR) is 80.8 cm³/mol. The standard InChI is InChI=1S/C14H24N2O3S/c1-14(2,16(3)4)11-15-20(18,19)10-13-7-5-12(9-17)6-8-13/h5-8,15,17H,9-11H2,1-4H3. The van der Waals surface area contributed by atoms with Crippen molar-refractivity contribution in [2.24, 2.45) is 0 Å². The third-order valence-electron chi connectivity index (χ3n) is 3.50. The quantitative estimate of drug-likeness (QED) is 0.786. The lowest BCUT2D eigenvalue weighted by molar-refractivity contribution is 0.199. The minimum Gasteiger partial charge on any atom is -0.392 e. The molecule has 0 aliphatic rings. The molecule has 20 heavy (non-hydrogen) atoms. The summed E-state index contributed by atoms with van der Waals surface area (Å²) in [7, 11) is 0.477. The molecule has 1 aromatic rings. The number of nitrogens with zero attached hydrogens (tertiary/aromatic N) is 1. The van der Waals surface area contributed by atoms with Crippen LogP contribution < -0.4 is 4.72 Å². The van der Waals surface area contributed by atoms with Crippen molar-refractivity contribution < 1.29 is 13.5 Å². The van der Waals surface area contributed by atoms with Crippen LogP contribution in [-0.4, -0.2) is 44.6 Å². The maximum atomic E-state index is 12.0. The first kappa shape index (κ1) is 17.1. The van der Waals surface area contributed by atoms with Crippen LogP contribution in [0.2, 0.25) is 0 Å². The third kappa shape index (κ3) is 5.20. The molecule has 114 valence electrons. The number of sulfonamides is 1. The molecule has 0 saturated carbocycles. The molecule has 2 N–H and O–H groups in total. The Morgan fingerprint density at radius 2 is 1.65 bits per heavy atom. The van der Waals surface area contributed by atoms with Gasteiger partial charge < -0.3 is 10.0 Å². The zero-order valence-corrected chi connectivity index (χ0v) is 13.4. The number of rotatable bonds is 7. The van der Waals surface area contributed by atoms with Gasteiger partial charge in [0.1, 0.15) is 0 Å². The van der Waals surface area contributed by atoms with Crippen molar-refractivity contribution >= 4 is 10.0 Å². The Morgan fingerprint density at radius 3 is 2.10 bits per heavy atom. The predicted octanol–water partition coefficient (Wildman–Crippen LogP) is 0.938. The zero-order chi connectivity index (χ0) is 15.4. The van der Waals surface area contributed by atoms with Crippen molar-refractivity contribution in [3.05, 3.63) is 35.4 Å². The van der Waals surface area contributed by atoms with E-state index in [9.17, 15) is 8.42 Å². The molecule has 1 aromatic carbocycles. The van der Waals surface area contributed by atoms with Crippen molar-refractivity contribution in [3.63, 3.8) is 0 Å². The van der Waals surface area contributed by atoms with E-state index in [1.807, 2.05) is 32.8 Å². The lowest BCUT2D eigenvalue weighted by Crippen LogP contribution is -2.48. The first-order chi connectivity index (χ1) is 9.16. The van der Waals surface area contributed by atoms with Gasteiger partial charge in [0.15, 0.2) is 0 Å². The van der Waals surface area contributed by atoms with E-state index in [2.05, 4.69) is 4.72 Å². The number of likely N-dealkylation sites (N-methyl/N-ethyl adjacent to an activating group) is 1. The Morgan fingerprint density at radius 1 is 1.15 bits per heavy atom. The highest BCUT2D eigenvalue weighted by Gasteiger charge is 2.23. The first-order valence-electron chi connectivity index (χ1n) is 6.50. The molecule has 5 nitrogen and oxygen atoms in total. The second kappa shape index (κ2) is 6.67. The van der Waals surface area contributed by atoms with Crippen LogP contribution in [0, 0.1) is 0 Å². The summed E-state index contributed by atoms with van der Waals surface area (Å²) in [6.45, 7) is 4.27. The largest absolute Gasteiger partial charge is 0.392 e. The molecular formula is C14H24N2O3S. The molecule has 0 atom stereocenters. The van der Waals surface area contributed by atoms with Crippen LogP contribution in [0.3, 0.4) is 0 Å². The van der Waals surface area contributed by atoms with E-state index >= 15 is 0 Å². The monoisotopic (exact) mass is 300 g/mol. The summed E-state index contributed by atoms with van der Waals surface area (Å²) in [6.07, 6.45) is 0. The van der Waals surface area contributed by atoms with E-state index in [1.165, 1.54) is 0 Å². The van der Waals surface area contributed by atoms with Gasteiger partial charge in [-0.2, -0.15) is 0 Å². The summed E-state index contributed by atoms with van der Waals surface area (Å²) >= 11 is 0. The molecule has 0 unspecified atom stereocenters. The molecule has 0 fully saturated rings. The van der Waals surface area contributed by atoms with Crippen LogP contribution in [0.5, 0.6) is 0 Å². The molecule has 0 saturated heterocycles. The molecular weight excluding hydrogens is 276 g/mol. The Hall–Kier alpha value is -0.950. The van der Waals surface area contributed by atoms with Crippen molar-refractivity contribution in [1.29, 1.82) is 0 Å². The highest BCUT2D eigenvalue weighted by atomic mass is 32.2. The van der Waals surface area contributed by atoms with Crippen LogP contribution in [0.25, 0.3) is 0 Å². The van der Waals surface area contributed by atoms with Crippen LogP contribution in [0.4, 0.5) is 0 Å². The lowest BCUT2D eigenvalue weighted by Gasteiger charge is -2.32. The van der Waals surface area contributed by atoms with Crippen molar-refractivity contribution in [1.82, 2.24) is 9.62 Å². The van der Waals surface area contributed by atoms with E-state index < -0.39 is 10.0 Å². The summed E-state index contributed by atoms with van der Waals surface area (Å²) < 4.78 is 26.7. The molecule has 1 rings (SSSR count). The van der Waals surface area contributed by atoms with Gasteiger partial charge in [0.2, 0.25) is 10.0 Å². The van der Waals surface area contributed by atoms with Crippen molar-refractivity contribution in [2.75, 3.05) is 20.6 Å². The molecule has 0 aliphatic carbocycles. The summed E-state index contributed by atoms with van der Waals surface area (Å²) in [6, 6.07) is 6.91. The van der Waals surface area contributed by atoms with E-state index in [1.54, 1.807) is 24.3 Å². The van der Waals surface area contributed by atoms with Crippen LogP contribution in [-0.2, 0) is 22.4 Å². The zero-order valence-electron chi connectivity index (χ0n) is 12.5. The minimum absolute atomic E-state index is 0.0394. The van der Waals surface area contributed by atoms with Crippen molar-refractivity contribution in [2.45, 2.75) is 31.7 Å². The highest BCUT2D eigenvalue weighted by molar-refractivity contribution is 7.88. The average Bonchev–Trinajstić information content (AvgIpc) is 2.37. The molecule has 0 aromatic heterocycles. The third-order valence-corrected chi connectivity index (χ3v) is 4.80. The molecule has 6 heteroatoms. The van der Waals surface area contributed by atoms with Gasteiger partial charge >= 0.3 is 0 Å². The SMILES string of the molecule is CN(C)C(C)(C)CNS(=O)(=O)Cc1ccc(CO)cc1. The fraction of sp³-hybridized carbons (Fsp3) is 0.571. The summed E-state index contributed by atoms with van der Waals surface area (Å²) in [4.78, 5) is 1.98. The van der Waals surface area contributed by atoms with Crippen LogP contribution in [0.15, 0.2) is 24.3 Å². The lowest BCUT2D eigenvalue weighted by atomic mass is 10.1. The van der Waals surface area contributed by atoms with Gasteiger partial charge in [-0.3, -0.25) is 0 Å². The van der Waals surface area contributed by atoms with Gasteiger partial charge in [-0.25, -0.2) is 13.1 Å². The maximum Gasteiger partial charge on any atom is 0.215 e. The summed E-state index contributed by atoms with van der Waals surface area (Å²) in [5, 5.41) is 8.95. The van der Waals surface area contributed by atoms with Gasteiger partial charge in [-0.15, -0.1) is 0 Å². The smallest absolute Gasteiger partial charge is 0.215 e. The fourth-order valence-electron chi connectivity index (χ4n) is 1.46. The molecule has 0 heterocycles. The van der Waals surface area contributed by atoms with Crippen LogP contribution >= 0.6 is 0 Å². The van der Waals surface area contributed by atoms with E-state index in [0.717, 1.165) is 5.56 Å². The van der Waals surface area contributed by atoms with Gasteiger partial charge in [-0.1, -0.05) is 24.3 Å². The fourth-order valence-corrected chi connectivity index (χ4v) is 2.76. The first-order valence-corrected chi connectivity index (χ1v) is 8.15. The molecule has 0 spiro atoms. The van der Waals surface area contributed by atoms with Gasteiger partial charge in [0.25, 0.3) is 0 Å². The van der Waals surface area contributed by atoms with Crippen molar-refractivity contribution in [3.8, 4) is 0 Å². The molecule has 0 radical (unpaired) electrons. The molecule has 0 amide bonds. The molecule has 0 aliphatic heterocycles. The Balaban J connectivity index is 2.65. The average molecular weight is 300 g/mol. The Bertz CT molecular complexity index is 522. The second-order valence-corrected chi connectivity index (χ2v) is 7.57.